The largest absolute Gasteiger partial charge is 0.489 e. The number of hydrogen-bond donors (Lipinski definition) is 1. The molecule has 4 heteroatoms. The van der Waals surface area contributed by atoms with Gasteiger partial charge in [-0.1, -0.05) is 30.2 Å². The summed E-state index contributed by atoms with van der Waals surface area (Å²) in [6.07, 6.45) is 6.29. The molecule has 1 atom stereocenters. The summed E-state index contributed by atoms with van der Waals surface area (Å²) in [5.74, 6) is 3.05. The molecular weight excluding hydrogens is 312 g/mol. The van der Waals surface area contributed by atoms with Crippen molar-refractivity contribution in [2.24, 2.45) is 5.73 Å². The summed E-state index contributed by atoms with van der Waals surface area (Å²) in [6, 6.07) is 15.6. The van der Waals surface area contributed by atoms with E-state index in [2.05, 4.69) is 29.9 Å². The van der Waals surface area contributed by atoms with E-state index in [1.165, 1.54) is 5.56 Å². The van der Waals surface area contributed by atoms with E-state index in [4.69, 9.17) is 16.9 Å². The number of carbonyl (C=O) groups excluding carboxylic acids is 1. The molecule has 2 aromatic carbocycles. The van der Waals surface area contributed by atoms with Gasteiger partial charge in [0.25, 0.3) is 0 Å². The van der Waals surface area contributed by atoms with E-state index >= 15 is 0 Å². The Morgan fingerprint density at radius 1 is 1.16 bits per heavy atom. The Labute approximate surface area is 149 Å². The first-order valence-corrected chi connectivity index (χ1v) is 8.23. The zero-order valence-electron chi connectivity index (χ0n) is 14.7. The topological polar surface area (TPSA) is 55.6 Å². The second kappa shape index (κ2) is 8.91. The number of terminal acetylenes is 1. The molecule has 0 bridgehead atoms. The minimum absolute atomic E-state index is 0.381. The summed E-state index contributed by atoms with van der Waals surface area (Å²) in [5.41, 5.74) is 7.96. The molecule has 130 valence electrons. The molecule has 4 nitrogen and oxygen atoms in total. The molecule has 0 fully saturated rings. The van der Waals surface area contributed by atoms with E-state index in [0.29, 0.717) is 24.8 Å². The first kappa shape index (κ1) is 18.6. The first-order valence-electron chi connectivity index (χ1n) is 8.23. The Balaban J connectivity index is 1.87. The molecule has 0 radical (unpaired) electrons. The number of rotatable bonds is 8. The van der Waals surface area contributed by atoms with Crippen molar-refractivity contribution >= 4 is 5.91 Å². The number of nitrogens with zero attached hydrogens (tertiary/aromatic N) is 1. The predicted octanol–water partition coefficient (Wildman–Crippen LogP) is 2.86. The number of amides is 1. The highest BCUT2D eigenvalue weighted by Crippen LogP contribution is 2.16. The number of hydrogen-bond acceptors (Lipinski definition) is 3. The van der Waals surface area contributed by atoms with E-state index in [0.717, 1.165) is 17.7 Å². The van der Waals surface area contributed by atoms with E-state index in [1.54, 1.807) is 12.1 Å². The van der Waals surface area contributed by atoms with Crippen LogP contribution in [0.3, 0.4) is 0 Å². The summed E-state index contributed by atoms with van der Waals surface area (Å²) in [5, 5.41) is 0. The van der Waals surface area contributed by atoms with E-state index in [1.807, 2.05) is 31.3 Å². The van der Waals surface area contributed by atoms with Crippen LogP contribution in [0.1, 0.15) is 28.4 Å². The van der Waals surface area contributed by atoms with Crippen LogP contribution in [0.25, 0.3) is 0 Å². The van der Waals surface area contributed by atoms with Crippen LogP contribution in [0, 0.1) is 12.3 Å². The number of ether oxygens (including phenoxy) is 1. The minimum Gasteiger partial charge on any atom is -0.489 e. The lowest BCUT2D eigenvalue weighted by molar-refractivity contribution is 0.1000. The van der Waals surface area contributed by atoms with Crippen LogP contribution in [0.4, 0.5) is 0 Å². The molecule has 0 saturated heterocycles. The Kier molecular flexibility index (Phi) is 6.62. The fourth-order valence-corrected chi connectivity index (χ4v) is 2.45. The molecule has 2 aromatic rings. The van der Waals surface area contributed by atoms with Gasteiger partial charge in [0.2, 0.25) is 5.91 Å². The minimum atomic E-state index is -0.426. The van der Waals surface area contributed by atoms with Crippen LogP contribution in [-0.2, 0) is 13.0 Å². The molecule has 1 amide bonds. The molecule has 0 spiro atoms. The Morgan fingerprint density at radius 2 is 1.76 bits per heavy atom. The number of nitrogens with two attached hydrogens (primary N) is 1. The average Bonchev–Trinajstić information content (AvgIpc) is 2.61. The standard InChI is InChI=1S/C21H24N2O2/c1-4-13-23(3)16(2)14-17-7-11-20(12-8-17)25-15-18-5-9-19(10-6-18)21(22)24/h1,5-12,16H,13-15H2,2-3H3,(H2,22,24). The van der Waals surface area contributed by atoms with Gasteiger partial charge in [0.05, 0.1) is 6.54 Å². The Hall–Kier alpha value is -2.77. The second-order valence-corrected chi connectivity index (χ2v) is 6.17. The van der Waals surface area contributed by atoms with Crippen molar-refractivity contribution in [1.82, 2.24) is 4.90 Å². The summed E-state index contributed by atoms with van der Waals surface area (Å²) in [6.45, 7) is 3.26. The average molecular weight is 336 g/mol. The number of carbonyl (C=O) groups is 1. The third-order valence-electron chi connectivity index (χ3n) is 4.19. The monoisotopic (exact) mass is 336 g/mol. The molecule has 0 aliphatic rings. The lowest BCUT2D eigenvalue weighted by atomic mass is 10.1. The summed E-state index contributed by atoms with van der Waals surface area (Å²) in [4.78, 5) is 13.2. The van der Waals surface area contributed by atoms with E-state index in [-0.39, 0.29) is 0 Å². The van der Waals surface area contributed by atoms with Gasteiger partial charge in [-0.25, -0.2) is 0 Å². The van der Waals surface area contributed by atoms with Crippen LogP contribution in [0.2, 0.25) is 0 Å². The van der Waals surface area contributed by atoms with Crippen LogP contribution >= 0.6 is 0 Å². The SMILES string of the molecule is C#CCN(C)C(C)Cc1ccc(OCc2ccc(C(N)=O)cc2)cc1. The van der Waals surface area contributed by atoms with Crippen LogP contribution in [-0.4, -0.2) is 30.4 Å². The molecule has 2 N–H and O–H groups in total. The van der Waals surface area contributed by atoms with Crippen molar-refractivity contribution in [3.05, 3.63) is 65.2 Å². The smallest absolute Gasteiger partial charge is 0.248 e. The van der Waals surface area contributed by atoms with Gasteiger partial charge >= 0.3 is 0 Å². The zero-order chi connectivity index (χ0) is 18.2. The lowest BCUT2D eigenvalue weighted by Gasteiger charge is -2.22. The normalized spacial score (nSPS) is 11.8. The molecule has 1 unspecified atom stereocenters. The van der Waals surface area contributed by atoms with Crippen molar-refractivity contribution in [3.63, 3.8) is 0 Å². The maximum absolute atomic E-state index is 11.1. The molecule has 0 heterocycles. The van der Waals surface area contributed by atoms with E-state index < -0.39 is 5.91 Å². The molecule has 2 rings (SSSR count). The third-order valence-corrected chi connectivity index (χ3v) is 4.19. The van der Waals surface area contributed by atoms with Crippen molar-refractivity contribution in [1.29, 1.82) is 0 Å². The second-order valence-electron chi connectivity index (χ2n) is 6.17. The number of benzene rings is 2. The molecule has 0 aliphatic heterocycles. The zero-order valence-corrected chi connectivity index (χ0v) is 14.7. The van der Waals surface area contributed by atoms with Gasteiger partial charge in [0, 0.05) is 11.6 Å². The maximum atomic E-state index is 11.1. The van der Waals surface area contributed by atoms with Gasteiger partial charge in [-0.2, -0.15) is 0 Å². The summed E-state index contributed by atoms with van der Waals surface area (Å²) in [7, 11) is 2.03. The van der Waals surface area contributed by atoms with Gasteiger partial charge in [-0.05, 0) is 55.8 Å². The molecule has 0 saturated carbocycles. The fraction of sp³-hybridized carbons (Fsp3) is 0.286. The van der Waals surface area contributed by atoms with Gasteiger partial charge in [-0.15, -0.1) is 6.42 Å². The summed E-state index contributed by atoms with van der Waals surface area (Å²) >= 11 is 0. The third kappa shape index (κ3) is 5.66. The highest BCUT2D eigenvalue weighted by atomic mass is 16.5. The number of primary amides is 1. The fourth-order valence-electron chi connectivity index (χ4n) is 2.45. The highest BCUT2D eigenvalue weighted by molar-refractivity contribution is 5.92. The van der Waals surface area contributed by atoms with Crippen LogP contribution in [0.15, 0.2) is 48.5 Å². The van der Waals surface area contributed by atoms with Crippen LogP contribution < -0.4 is 10.5 Å². The quantitative estimate of drug-likeness (QED) is 0.754. The first-order chi connectivity index (χ1) is 12.0. The summed E-state index contributed by atoms with van der Waals surface area (Å²) < 4.78 is 5.79. The van der Waals surface area contributed by atoms with E-state index in [9.17, 15) is 4.79 Å². The van der Waals surface area contributed by atoms with Crippen molar-refractivity contribution in [2.75, 3.05) is 13.6 Å². The Morgan fingerprint density at radius 3 is 2.32 bits per heavy atom. The molecule has 25 heavy (non-hydrogen) atoms. The maximum Gasteiger partial charge on any atom is 0.248 e. The molecular formula is C21H24N2O2. The Bertz CT molecular complexity index is 730. The predicted molar refractivity (Wildman–Crippen MR) is 100 cm³/mol. The molecule has 0 aromatic heterocycles. The highest BCUT2D eigenvalue weighted by Gasteiger charge is 2.09. The molecule has 0 aliphatic carbocycles. The van der Waals surface area contributed by atoms with Gasteiger partial charge < -0.3 is 10.5 Å². The van der Waals surface area contributed by atoms with Crippen molar-refractivity contribution in [3.8, 4) is 18.1 Å². The van der Waals surface area contributed by atoms with Gasteiger partial charge in [0.1, 0.15) is 12.4 Å². The van der Waals surface area contributed by atoms with Gasteiger partial charge in [-0.3, -0.25) is 9.69 Å². The van der Waals surface area contributed by atoms with Crippen molar-refractivity contribution in [2.45, 2.75) is 26.0 Å². The van der Waals surface area contributed by atoms with Crippen LogP contribution in [0.5, 0.6) is 5.75 Å². The van der Waals surface area contributed by atoms with Crippen molar-refractivity contribution < 1.29 is 9.53 Å². The van der Waals surface area contributed by atoms with Gasteiger partial charge in [0.15, 0.2) is 0 Å². The number of likely N-dealkylation sites (N-methyl/N-ethyl adjacent to an activating group) is 1. The lowest BCUT2D eigenvalue weighted by Crippen LogP contribution is -2.31.